The summed E-state index contributed by atoms with van der Waals surface area (Å²) in [5.74, 6) is 0. The zero-order valence-electron chi connectivity index (χ0n) is 8.27. The van der Waals surface area contributed by atoms with Gasteiger partial charge < -0.3 is 0 Å². The molecule has 0 amide bonds. The molecule has 11 heteroatoms. The Kier molecular flexibility index (Phi) is 3.69. The van der Waals surface area contributed by atoms with Crippen molar-refractivity contribution in [3.05, 3.63) is 23.8 Å². The molecule has 0 aromatic heterocycles. The van der Waals surface area contributed by atoms with Crippen LogP contribution in [0.15, 0.2) is 28.0 Å². The van der Waals surface area contributed by atoms with Gasteiger partial charge >= 0.3 is 6.18 Å². The summed E-state index contributed by atoms with van der Waals surface area (Å²) in [6.45, 7) is 0. The van der Waals surface area contributed by atoms with Crippen molar-refractivity contribution in [3.8, 4) is 0 Å². The van der Waals surface area contributed by atoms with Crippen LogP contribution in [0.2, 0.25) is 0 Å². The van der Waals surface area contributed by atoms with Gasteiger partial charge in [-0.05, 0) is 18.2 Å². The molecular formula is C7H5ClF3NO4S2. The Morgan fingerprint density at radius 2 is 1.61 bits per heavy atom. The van der Waals surface area contributed by atoms with Gasteiger partial charge in [0.05, 0.1) is 15.4 Å². The van der Waals surface area contributed by atoms with Crippen LogP contribution < -0.4 is 5.14 Å². The minimum absolute atomic E-state index is 0.113. The van der Waals surface area contributed by atoms with E-state index in [9.17, 15) is 30.0 Å². The molecule has 0 unspecified atom stereocenters. The van der Waals surface area contributed by atoms with Crippen molar-refractivity contribution in [1.82, 2.24) is 0 Å². The molecule has 5 nitrogen and oxygen atoms in total. The van der Waals surface area contributed by atoms with Crippen LogP contribution in [0.25, 0.3) is 0 Å². The van der Waals surface area contributed by atoms with E-state index in [1.165, 1.54) is 0 Å². The van der Waals surface area contributed by atoms with Crippen LogP contribution >= 0.6 is 10.7 Å². The largest absolute Gasteiger partial charge is 0.417 e. The van der Waals surface area contributed by atoms with Crippen molar-refractivity contribution in [1.29, 1.82) is 0 Å². The van der Waals surface area contributed by atoms with Gasteiger partial charge in [-0.3, -0.25) is 0 Å². The molecule has 0 radical (unpaired) electrons. The highest BCUT2D eigenvalue weighted by molar-refractivity contribution is 8.13. The molecule has 1 rings (SSSR count). The molecule has 102 valence electrons. The van der Waals surface area contributed by atoms with E-state index in [1.54, 1.807) is 0 Å². The van der Waals surface area contributed by atoms with E-state index < -0.39 is 40.6 Å². The van der Waals surface area contributed by atoms with E-state index in [0.29, 0.717) is 12.1 Å². The Hall–Kier alpha value is -0.840. The van der Waals surface area contributed by atoms with E-state index in [1.807, 2.05) is 0 Å². The quantitative estimate of drug-likeness (QED) is 0.829. The maximum atomic E-state index is 12.6. The van der Waals surface area contributed by atoms with Crippen molar-refractivity contribution in [3.63, 3.8) is 0 Å². The average Bonchev–Trinajstić information content (AvgIpc) is 2.12. The highest BCUT2D eigenvalue weighted by Crippen LogP contribution is 2.35. The smallest absolute Gasteiger partial charge is 0.225 e. The molecular weight excluding hydrogens is 319 g/mol. The maximum Gasteiger partial charge on any atom is 0.417 e. The first-order valence-electron chi connectivity index (χ1n) is 4.02. The topological polar surface area (TPSA) is 94.3 Å². The number of hydrogen-bond acceptors (Lipinski definition) is 4. The molecule has 0 atom stereocenters. The summed E-state index contributed by atoms with van der Waals surface area (Å²) >= 11 is 0. The van der Waals surface area contributed by atoms with E-state index >= 15 is 0 Å². The van der Waals surface area contributed by atoms with E-state index in [0.717, 1.165) is 0 Å². The number of alkyl halides is 3. The van der Waals surface area contributed by atoms with Crippen LogP contribution in [0.3, 0.4) is 0 Å². The number of hydrogen-bond donors (Lipinski definition) is 1. The Morgan fingerprint density at radius 1 is 1.11 bits per heavy atom. The van der Waals surface area contributed by atoms with E-state index in [2.05, 4.69) is 5.14 Å². The van der Waals surface area contributed by atoms with Crippen LogP contribution in [-0.4, -0.2) is 16.8 Å². The molecule has 0 aliphatic carbocycles. The summed E-state index contributed by atoms with van der Waals surface area (Å²) in [5, 5.41) is 4.60. The highest BCUT2D eigenvalue weighted by Gasteiger charge is 2.37. The van der Waals surface area contributed by atoms with Gasteiger partial charge in [0.15, 0.2) is 0 Å². The predicted octanol–water partition coefficient (Wildman–Crippen LogP) is 1.28. The summed E-state index contributed by atoms with van der Waals surface area (Å²) < 4.78 is 81.5. The summed E-state index contributed by atoms with van der Waals surface area (Å²) in [6.07, 6.45) is -5.08. The molecule has 0 saturated carbocycles. The van der Waals surface area contributed by atoms with Crippen molar-refractivity contribution < 1.29 is 30.0 Å². The number of primary sulfonamides is 1. The lowest BCUT2D eigenvalue weighted by Gasteiger charge is -2.12. The Bertz CT molecular complexity index is 681. The van der Waals surface area contributed by atoms with Gasteiger partial charge in [-0.1, -0.05) is 0 Å². The second-order valence-corrected chi connectivity index (χ2v) is 7.23. The Balaban J connectivity index is 3.71. The lowest BCUT2D eigenvalue weighted by molar-refractivity contribution is -0.140. The first-order chi connectivity index (χ1) is 7.83. The second-order valence-electron chi connectivity index (χ2n) is 3.14. The number of halogens is 4. The van der Waals surface area contributed by atoms with Gasteiger partial charge in [-0.15, -0.1) is 0 Å². The van der Waals surface area contributed by atoms with Gasteiger partial charge in [0.25, 0.3) is 9.05 Å². The SMILES string of the molecule is NS(=O)(=O)c1ccc(S(=O)(=O)Cl)cc1C(F)(F)F. The first-order valence-corrected chi connectivity index (χ1v) is 7.88. The molecule has 0 heterocycles. The van der Waals surface area contributed by atoms with Crippen LogP contribution in [0.5, 0.6) is 0 Å². The van der Waals surface area contributed by atoms with Gasteiger partial charge in [-0.25, -0.2) is 22.0 Å². The fraction of sp³-hybridized carbons (Fsp3) is 0.143. The molecule has 1 aromatic carbocycles. The fourth-order valence-corrected chi connectivity index (χ4v) is 2.65. The molecule has 0 aliphatic heterocycles. The Morgan fingerprint density at radius 3 is 1.94 bits per heavy atom. The molecule has 2 N–H and O–H groups in total. The van der Waals surface area contributed by atoms with Crippen LogP contribution in [0, 0.1) is 0 Å². The van der Waals surface area contributed by atoms with Crippen molar-refractivity contribution in [2.75, 3.05) is 0 Å². The van der Waals surface area contributed by atoms with Crippen LogP contribution in [0.1, 0.15) is 5.56 Å². The average molecular weight is 324 g/mol. The molecule has 0 bridgehead atoms. The zero-order valence-corrected chi connectivity index (χ0v) is 10.7. The van der Waals surface area contributed by atoms with Gasteiger partial charge in [0, 0.05) is 10.7 Å². The predicted molar refractivity (Wildman–Crippen MR) is 55.9 cm³/mol. The number of nitrogens with two attached hydrogens (primary N) is 1. The number of rotatable bonds is 2. The third-order valence-corrected chi connectivity index (χ3v) is 4.17. The summed E-state index contributed by atoms with van der Waals surface area (Å²) in [7, 11) is -4.18. The summed E-state index contributed by atoms with van der Waals surface area (Å²) in [5.41, 5.74) is -1.69. The van der Waals surface area contributed by atoms with Gasteiger partial charge in [0.1, 0.15) is 0 Å². The second kappa shape index (κ2) is 4.37. The van der Waals surface area contributed by atoms with Crippen LogP contribution in [-0.2, 0) is 25.3 Å². The maximum absolute atomic E-state index is 12.6. The first kappa shape index (κ1) is 15.2. The van der Waals surface area contributed by atoms with Crippen LogP contribution in [0.4, 0.5) is 13.2 Å². The summed E-state index contributed by atoms with van der Waals surface area (Å²) in [4.78, 5) is -2.09. The molecule has 18 heavy (non-hydrogen) atoms. The molecule has 0 spiro atoms. The zero-order chi connectivity index (χ0) is 14.4. The Labute approximate surface area is 105 Å². The monoisotopic (exact) mass is 323 g/mol. The lowest BCUT2D eigenvalue weighted by Crippen LogP contribution is -2.19. The van der Waals surface area contributed by atoms with Crippen molar-refractivity contribution >= 4 is 29.8 Å². The molecule has 0 aliphatic rings. The highest BCUT2D eigenvalue weighted by atomic mass is 35.7. The van der Waals surface area contributed by atoms with Crippen molar-refractivity contribution in [2.24, 2.45) is 5.14 Å². The van der Waals surface area contributed by atoms with E-state index in [4.69, 9.17) is 10.7 Å². The normalized spacial score (nSPS) is 13.6. The molecule has 0 fully saturated rings. The van der Waals surface area contributed by atoms with Crippen molar-refractivity contribution in [2.45, 2.75) is 16.0 Å². The third kappa shape index (κ3) is 3.34. The lowest BCUT2D eigenvalue weighted by atomic mass is 10.2. The van der Waals surface area contributed by atoms with Gasteiger partial charge in [0.2, 0.25) is 10.0 Å². The summed E-state index contributed by atoms with van der Waals surface area (Å²) in [6, 6.07) is 1.17. The molecule has 1 aromatic rings. The standard InChI is InChI=1S/C7H5ClF3NO4S2/c8-17(13,14)4-1-2-6(18(12,15)16)5(3-4)7(9,10)11/h1-3H,(H2,12,15,16). The van der Waals surface area contributed by atoms with Gasteiger partial charge in [-0.2, -0.15) is 13.2 Å². The fourth-order valence-electron chi connectivity index (χ4n) is 1.13. The minimum Gasteiger partial charge on any atom is -0.225 e. The third-order valence-electron chi connectivity index (χ3n) is 1.84. The van der Waals surface area contributed by atoms with E-state index in [-0.39, 0.29) is 6.07 Å². The number of benzene rings is 1. The number of sulfonamides is 1. The molecule has 0 saturated heterocycles. The minimum atomic E-state index is -5.08.